The van der Waals surface area contributed by atoms with Crippen LogP contribution in [0, 0.1) is 24.7 Å². The summed E-state index contributed by atoms with van der Waals surface area (Å²) in [6, 6.07) is 18.6. The molecule has 4 nitrogen and oxygen atoms in total. The molecule has 3 aromatic rings. The van der Waals surface area contributed by atoms with E-state index in [9.17, 15) is 0 Å². The first-order valence-electron chi connectivity index (χ1n) is 8.58. The lowest BCUT2D eigenvalue weighted by Gasteiger charge is -2.28. The molecule has 3 rings (SSSR count). The maximum absolute atomic E-state index is 8.75. The monoisotopic (exact) mass is 386 g/mol. The van der Waals surface area contributed by atoms with Gasteiger partial charge in [0.1, 0.15) is 17.5 Å². The van der Waals surface area contributed by atoms with Gasteiger partial charge in [0.2, 0.25) is 0 Å². The lowest BCUT2D eigenvalue weighted by Crippen LogP contribution is -2.33. The molecule has 0 spiro atoms. The molecule has 5 heteroatoms. The van der Waals surface area contributed by atoms with Crippen LogP contribution in [-0.4, -0.2) is 10.8 Å². The van der Waals surface area contributed by atoms with E-state index < -0.39 is 0 Å². The zero-order valence-electron chi connectivity index (χ0n) is 15.4. The molecule has 28 heavy (non-hydrogen) atoms. The van der Waals surface area contributed by atoms with Crippen LogP contribution in [0.25, 0.3) is 0 Å². The summed E-state index contributed by atoms with van der Waals surface area (Å²) in [5.41, 5.74) is 3.34. The molecule has 0 unspecified atom stereocenters. The number of hydrogen-bond acceptors (Lipinski definition) is 3. The van der Waals surface area contributed by atoms with Gasteiger partial charge in [-0.2, -0.15) is 0 Å². The molecule has 138 valence electrons. The predicted octanol–water partition coefficient (Wildman–Crippen LogP) is 5.44. The molecule has 0 radical (unpaired) electrons. The number of anilines is 2. The zero-order valence-corrected chi connectivity index (χ0v) is 16.2. The molecular formula is C23H19ClN4. The Labute approximate surface area is 170 Å². The predicted molar refractivity (Wildman–Crippen MR) is 117 cm³/mol. The molecular weight excluding hydrogens is 368 g/mol. The van der Waals surface area contributed by atoms with Gasteiger partial charge in [-0.15, -0.1) is 6.42 Å². The Kier molecular flexibility index (Phi) is 5.78. The molecule has 0 saturated carbocycles. The quantitative estimate of drug-likeness (QED) is 0.348. The Hall–Kier alpha value is -3.55. The minimum atomic E-state index is 0.278. The largest absolute Gasteiger partial charge is 0.327 e. The second kappa shape index (κ2) is 8.43. The van der Waals surface area contributed by atoms with Crippen molar-refractivity contribution in [1.82, 2.24) is 4.98 Å². The van der Waals surface area contributed by atoms with Crippen molar-refractivity contribution >= 4 is 28.9 Å². The highest BCUT2D eigenvalue weighted by molar-refractivity contribution is 6.30. The lowest BCUT2D eigenvalue weighted by atomic mass is 10.1. The molecule has 2 aromatic carbocycles. The van der Waals surface area contributed by atoms with E-state index >= 15 is 0 Å². The van der Waals surface area contributed by atoms with Crippen LogP contribution in [0.15, 0.2) is 79.3 Å². The average molecular weight is 387 g/mol. The van der Waals surface area contributed by atoms with Crippen LogP contribution < -0.4 is 10.2 Å². The highest BCUT2D eigenvalue weighted by atomic mass is 35.5. The fourth-order valence-corrected chi connectivity index (χ4v) is 2.73. The van der Waals surface area contributed by atoms with E-state index in [-0.39, 0.29) is 5.84 Å². The number of halogens is 1. The van der Waals surface area contributed by atoms with Crippen LogP contribution in [-0.2, 0) is 0 Å². The van der Waals surface area contributed by atoms with Gasteiger partial charge in [0.15, 0.2) is 0 Å². The summed E-state index contributed by atoms with van der Waals surface area (Å²) < 4.78 is 0. The minimum absolute atomic E-state index is 0.278. The van der Waals surface area contributed by atoms with Gasteiger partial charge in [-0.05, 0) is 43.3 Å². The number of aryl methyl sites for hydroxylation is 1. The number of terminal acetylenes is 1. The molecule has 0 aliphatic rings. The van der Waals surface area contributed by atoms with E-state index in [1.807, 2.05) is 43.3 Å². The van der Waals surface area contributed by atoms with Crippen molar-refractivity contribution in [2.24, 2.45) is 0 Å². The highest BCUT2D eigenvalue weighted by Crippen LogP contribution is 2.24. The fraction of sp³-hybridized carbons (Fsp3) is 0.0435. The number of rotatable bonds is 5. The van der Waals surface area contributed by atoms with Gasteiger partial charge in [-0.3, -0.25) is 10.3 Å². The average Bonchev–Trinajstić information content (AvgIpc) is 2.70. The van der Waals surface area contributed by atoms with E-state index in [0.29, 0.717) is 22.2 Å². The Balaban J connectivity index is 1.93. The number of hydrogen-bond donors (Lipinski definition) is 2. The van der Waals surface area contributed by atoms with E-state index in [0.717, 1.165) is 16.8 Å². The number of amidine groups is 1. The Morgan fingerprint density at radius 3 is 2.36 bits per heavy atom. The van der Waals surface area contributed by atoms with Crippen LogP contribution in [0.2, 0.25) is 5.02 Å². The number of nitrogens with one attached hydrogen (secondary N) is 2. The van der Waals surface area contributed by atoms with Crippen LogP contribution in [0.4, 0.5) is 11.5 Å². The first-order chi connectivity index (χ1) is 13.5. The molecule has 1 heterocycles. The normalized spacial score (nSPS) is 10.0. The smallest absolute Gasteiger partial charge is 0.138 e. The number of benzene rings is 2. The van der Waals surface area contributed by atoms with Gasteiger partial charge in [-0.1, -0.05) is 53.9 Å². The third-order valence-corrected chi connectivity index (χ3v) is 4.36. The van der Waals surface area contributed by atoms with Crippen molar-refractivity contribution in [3.8, 4) is 12.3 Å². The van der Waals surface area contributed by atoms with Gasteiger partial charge in [0.05, 0.1) is 0 Å². The van der Waals surface area contributed by atoms with E-state index in [4.69, 9.17) is 23.4 Å². The molecule has 0 fully saturated rings. The van der Waals surface area contributed by atoms with Gasteiger partial charge >= 0.3 is 0 Å². The maximum Gasteiger partial charge on any atom is 0.138 e. The summed E-state index contributed by atoms with van der Waals surface area (Å²) in [5, 5.41) is 12.5. The Morgan fingerprint density at radius 2 is 1.79 bits per heavy atom. The number of nitrogens with zero attached hydrogens (tertiary/aromatic N) is 2. The molecule has 0 aliphatic carbocycles. The summed E-state index contributed by atoms with van der Waals surface area (Å²) in [6.07, 6.45) is 6.98. The van der Waals surface area contributed by atoms with E-state index in [1.54, 1.807) is 35.4 Å². The zero-order chi connectivity index (χ0) is 20.1. The summed E-state index contributed by atoms with van der Waals surface area (Å²) in [4.78, 5) is 6.00. The van der Waals surface area contributed by atoms with Crippen molar-refractivity contribution in [2.75, 3.05) is 10.2 Å². The molecule has 2 N–H and O–H groups in total. The van der Waals surface area contributed by atoms with Crippen LogP contribution in [0.3, 0.4) is 0 Å². The van der Waals surface area contributed by atoms with Gasteiger partial charge in [0.25, 0.3) is 0 Å². The van der Waals surface area contributed by atoms with Gasteiger partial charge in [0, 0.05) is 28.0 Å². The van der Waals surface area contributed by atoms with Crippen molar-refractivity contribution in [2.45, 2.75) is 6.92 Å². The standard InChI is InChI=1S/C23H19ClN4/c1-4-18-7-14-22(26-15-18)27-17(3)28(21-12-10-20(24)11-13-21)23(25)19-8-5-16(2)6-9-19/h1,5-15,25H,3H2,2H3,(H,26,27). The lowest BCUT2D eigenvalue weighted by molar-refractivity contribution is 1.16. The summed E-state index contributed by atoms with van der Waals surface area (Å²) in [6.45, 7) is 6.13. The third kappa shape index (κ3) is 4.40. The molecule has 0 aliphatic heterocycles. The highest BCUT2D eigenvalue weighted by Gasteiger charge is 2.18. The number of aromatic nitrogens is 1. The van der Waals surface area contributed by atoms with Crippen LogP contribution >= 0.6 is 11.6 Å². The van der Waals surface area contributed by atoms with Crippen molar-refractivity contribution in [3.05, 3.63) is 101 Å². The first-order valence-corrected chi connectivity index (χ1v) is 8.95. The number of pyridine rings is 1. The van der Waals surface area contributed by atoms with Crippen molar-refractivity contribution in [1.29, 1.82) is 5.41 Å². The van der Waals surface area contributed by atoms with Crippen LogP contribution in [0.5, 0.6) is 0 Å². The molecule has 0 saturated heterocycles. The minimum Gasteiger partial charge on any atom is -0.327 e. The van der Waals surface area contributed by atoms with Crippen molar-refractivity contribution in [3.63, 3.8) is 0 Å². The SMILES string of the molecule is C#Cc1ccc(NC(=C)N(C(=N)c2ccc(C)cc2)c2ccc(Cl)cc2)nc1. The molecule has 0 bridgehead atoms. The van der Waals surface area contributed by atoms with Crippen molar-refractivity contribution < 1.29 is 0 Å². The second-order valence-electron chi connectivity index (χ2n) is 6.17. The summed E-state index contributed by atoms with van der Waals surface area (Å²) in [5.74, 6) is 3.88. The van der Waals surface area contributed by atoms with Gasteiger partial charge < -0.3 is 5.32 Å². The van der Waals surface area contributed by atoms with Crippen LogP contribution in [0.1, 0.15) is 16.7 Å². The van der Waals surface area contributed by atoms with E-state index in [2.05, 4.69) is 22.8 Å². The topological polar surface area (TPSA) is 52.0 Å². The second-order valence-corrected chi connectivity index (χ2v) is 6.61. The van der Waals surface area contributed by atoms with E-state index in [1.165, 1.54) is 0 Å². The summed E-state index contributed by atoms with van der Waals surface area (Å²) in [7, 11) is 0. The van der Waals surface area contributed by atoms with Gasteiger partial charge in [-0.25, -0.2) is 4.98 Å². The molecule has 1 aromatic heterocycles. The molecule has 0 atom stereocenters. The summed E-state index contributed by atoms with van der Waals surface area (Å²) >= 11 is 6.03. The Bertz CT molecular complexity index is 1030. The fourth-order valence-electron chi connectivity index (χ4n) is 2.61. The molecule has 0 amide bonds. The Morgan fingerprint density at radius 1 is 1.11 bits per heavy atom. The first kappa shape index (κ1) is 19.2. The third-order valence-electron chi connectivity index (χ3n) is 4.11. The maximum atomic E-state index is 8.75.